The molecule has 2 N–H and O–H groups in total. The molecular weight excluding hydrogens is 476 g/mol. The van der Waals surface area contributed by atoms with Crippen molar-refractivity contribution in [1.29, 1.82) is 0 Å². The van der Waals surface area contributed by atoms with Crippen molar-refractivity contribution in [1.82, 2.24) is 10.9 Å². The second kappa shape index (κ2) is 10.5. The standard InChI is InChI=1S/C24H19BrN2O5/c1-15-6-8-16(9-7-15)22(29)19-4-2-3-5-20(19)24(31)32-14-21(28)26-27-23(30)17-10-12-18(25)13-11-17/h2-13H,14H2,1H3,(H,26,28)(H,27,30). The van der Waals surface area contributed by atoms with Crippen LogP contribution >= 0.6 is 15.9 Å². The van der Waals surface area contributed by atoms with Crippen LogP contribution in [-0.4, -0.2) is 30.2 Å². The number of benzene rings is 3. The van der Waals surface area contributed by atoms with Crippen LogP contribution in [0, 0.1) is 6.92 Å². The van der Waals surface area contributed by atoms with Crippen LogP contribution in [0.1, 0.15) is 42.2 Å². The van der Waals surface area contributed by atoms with Crippen LogP contribution in [0.2, 0.25) is 0 Å². The minimum atomic E-state index is -0.824. The van der Waals surface area contributed by atoms with Gasteiger partial charge in [-0.1, -0.05) is 64.0 Å². The fourth-order valence-electron chi connectivity index (χ4n) is 2.76. The van der Waals surface area contributed by atoms with Crippen molar-refractivity contribution in [2.75, 3.05) is 6.61 Å². The summed E-state index contributed by atoms with van der Waals surface area (Å²) in [6.45, 7) is 1.28. The number of hydrogen-bond acceptors (Lipinski definition) is 5. The Hall–Kier alpha value is -3.78. The van der Waals surface area contributed by atoms with E-state index >= 15 is 0 Å². The van der Waals surface area contributed by atoms with Gasteiger partial charge in [-0.05, 0) is 37.3 Å². The van der Waals surface area contributed by atoms with E-state index in [1.54, 1.807) is 60.7 Å². The van der Waals surface area contributed by atoms with Gasteiger partial charge in [0.25, 0.3) is 11.8 Å². The van der Waals surface area contributed by atoms with Gasteiger partial charge in [0.15, 0.2) is 12.4 Å². The van der Waals surface area contributed by atoms with E-state index in [0.717, 1.165) is 10.0 Å². The second-order valence-corrected chi connectivity index (χ2v) is 7.74. The number of hydrazine groups is 1. The molecule has 162 valence electrons. The van der Waals surface area contributed by atoms with E-state index in [-0.39, 0.29) is 16.9 Å². The monoisotopic (exact) mass is 494 g/mol. The van der Waals surface area contributed by atoms with Crippen LogP contribution in [0.15, 0.2) is 77.3 Å². The van der Waals surface area contributed by atoms with Crippen LogP contribution < -0.4 is 10.9 Å². The Balaban J connectivity index is 1.58. The number of rotatable bonds is 6. The number of halogens is 1. The van der Waals surface area contributed by atoms with Crippen LogP contribution in [0.3, 0.4) is 0 Å². The lowest BCUT2D eigenvalue weighted by atomic mass is 9.98. The number of amides is 2. The van der Waals surface area contributed by atoms with Gasteiger partial charge in [-0.15, -0.1) is 0 Å². The van der Waals surface area contributed by atoms with Gasteiger partial charge in [0.1, 0.15) is 0 Å². The largest absolute Gasteiger partial charge is 0.452 e. The first kappa shape index (κ1) is 22.9. The van der Waals surface area contributed by atoms with Gasteiger partial charge in [-0.2, -0.15) is 0 Å². The summed E-state index contributed by atoms with van der Waals surface area (Å²) in [6.07, 6.45) is 0. The van der Waals surface area contributed by atoms with Gasteiger partial charge in [0, 0.05) is 21.2 Å². The maximum atomic E-state index is 12.8. The van der Waals surface area contributed by atoms with Gasteiger partial charge in [0.2, 0.25) is 0 Å². The fourth-order valence-corrected chi connectivity index (χ4v) is 3.03. The van der Waals surface area contributed by atoms with E-state index in [9.17, 15) is 19.2 Å². The average Bonchev–Trinajstić information content (AvgIpc) is 2.81. The lowest BCUT2D eigenvalue weighted by Gasteiger charge is -2.10. The summed E-state index contributed by atoms with van der Waals surface area (Å²) in [7, 11) is 0. The summed E-state index contributed by atoms with van der Waals surface area (Å²) in [5, 5.41) is 0. The molecule has 3 aromatic carbocycles. The van der Waals surface area contributed by atoms with Crippen LogP contribution in [0.5, 0.6) is 0 Å². The number of hydrogen-bond donors (Lipinski definition) is 2. The van der Waals surface area contributed by atoms with Gasteiger partial charge < -0.3 is 4.74 Å². The Morgan fingerprint density at radius 1 is 0.781 bits per heavy atom. The normalized spacial score (nSPS) is 10.2. The number of ether oxygens (including phenoxy) is 1. The smallest absolute Gasteiger partial charge is 0.339 e. The molecule has 0 heterocycles. The van der Waals surface area contributed by atoms with E-state index in [0.29, 0.717) is 11.1 Å². The average molecular weight is 495 g/mol. The molecule has 0 bridgehead atoms. The summed E-state index contributed by atoms with van der Waals surface area (Å²) in [4.78, 5) is 49.3. The molecule has 0 spiro atoms. The zero-order chi connectivity index (χ0) is 23.1. The Bertz CT molecular complexity index is 1160. The molecule has 0 aliphatic carbocycles. The number of esters is 1. The topological polar surface area (TPSA) is 102 Å². The molecule has 0 radical (unpaired) electrons. The van der Waals surface area contributed by atoms with Gasteiger partial charge in [0.05, 0.1) is 5.56 Å². The first-order chi connectivity index (χ1) is 15.3. The van der Waals surface area contributed by atoms with E-state index < -0.39 is 24.4 Å². The molecule has 8 heteroatoms. The van der Waals surface area contributed by atoms with Crippen molar-refractivity contribution >= 4 is 39.5 Å². The summed E-state index contributed by atoms with van der Waals surface area (Å²) >= 11 is 3.27. The Morgan fingerprint density at radius 3 is 2.03 bits per heavy atom. The van der Waals surface area contributed by atoms with E-state index in [2.05, 4.69) is 26.8 Å². The van der Waals surface area contributed by atoms with Crippen LogP contribution in [0.4, 0.5) is 0 Å². The van der Waals surface area contributed by atoms with Gasteiger partial charge in [-0.3, -0.25) is 25.2 Å². The maximum absolute atomic E-state index is 12.8. The molecule has 3 aromatic rings. The second-order valence-electron chi connectivity index (χ2n) is 6.83. The van der Waals surface area contributed by atoms with Crippen molar-refractivity contribution in [3.05, 3.63) is 105 Å². The highest BCUT2D eigenvalue weighted by atomic mass is 79.9. The van der Waals surface area contributed by atoms with E-state index in [1.807, 2.05) is 6.92 Å². The van der Waals surface area contributed by atoms with Crippen LogP contribution in [0.25, 0.3) is 0 Å². The minimum absolute atomic E-state index is 0.0461. The Morgan fingerprint density at radius 2 is 1.38 bits per heavy atom. The van der Waals surface area contributed by atoms with Crippen molar-refractivity contribution in [3.63, 3.8) is 0 Å². The highest BCUT2D eigenvalue weighted by Crippen LogP contribution is 2.16. The first-order valence-electron chi connectivity index (χ1n) is 9.57. The third-order valence-corrected chi connectivity index (χ3v) is 4.99. The van der Waals surface area contributed by atoms with Gasteiger partial charge >= 0.3 is 5.97 Å². The zero-order valence-corrected chi connectivity index (χ0v) is 18.6. The summed E-state index contributed by atoms with van der Waals surface area (Å²) in [5.41, 5.74) is 6.42. The quantitative estimate of drug-likeness (QED) is 0.309. The lowest BCUT2D eigenvalue weighted by molar-refractivity contribution is -0.125. The molecule has 0 aromatic heterocycles. The number of nitrogens with one attached hydrogen (secondary N) is 2. The summed E-state index contributed by atoms with van der Waals surface area (Å²) in [6, 6.07) is 19.7. The molecule has 0 aliphatic rings. The zero-order valence-electron chi connectivity index (χ0n) is 17.1. The number of carbonyl (C=O) groups excluding carboxylic acids is 4. The first-order valence-corrected chi connectivity index (χ1v) is 10.4. The molecule has 32 heavy (non-hydrogen) atoms. The molecule has 0 fully saturated rings. The Labute approximate surface area is 192 Å². The summed E-state index contributed by atoms with van der Waals surface area (Å²) in [5.74, 6) is -2.41. The predicted molar refractivity (Wildman–Crippen MR) is 121 cm³/mol. The van der Waals surface area contributed by atoms with Gasteiger partial charge in [-0.25, -0.2) is 4.79 Å². The third kappa shape index (κ3) is 5.89. The predicted octanol–water partition coefficient (Wildman–Crippen LogP) is 3.61. The minimum Gasteiger partial charge on any atom is -0.452 e. The summed E-state index contributed by atoms with van der Waals surface area (Å²) < 4.78 is 5.84. The van der Waals surface area contributed by atoms with Crippen molar-refractivity contribution in [3.8, 4) is 0 Å². The highest BCUT2D eigenvalue weighted by molar-refractivity contribution is 9.10. The molecule has 0 unspecified atom stereocenters. The van der Waals surface area contributed by atoms with Crippen LogP contribution in [-0.2, 0) is 9.53 Å². The van der Waals surface area contributed by atoms with Crippen molar-refractivity contribution in [2.45, 2.75) is 6.92 Å². The molecule has 0 saturated heterocycles. The third-order valence-electron chi connectivity index (χ3n) is 4.46. The fraction of sp³-hybridized carbons (Fsp3) is 0.0833. The molecule has 0 saturated carbocycles. The Kier molecular flexibility index (Phi) is 7.51. The van der Waals surface area contributed by atoms with Crippen molar-refractivity contribution < 1.29 is 23.9 Å². The molecular formula is C24H19BrN2O5. The lowest BCUT2D eigenvalue weighted by Crippen LogP contribution is -2.43. The van der Waals surface area contributed by atoms with Crippen molar-refractivity contribution in [2.24, 2.45) is 0 Å². The SMILES string of the molecule is Cc1ccc(C(=O)c2ccccc2C(=O)OCC(=O)NNC(=O)c2ccc(Br)cc2)cc1. The maximum Gasteiger partial charge on any atom is 0.339 e. The molecule has 3 rings (SSSR count). The number of ketones is 1. The van der Waals surface area contributed by atoms with E-state index in [4.69, 9.17) is 4.74 Å². The van der Waals surface area contributed by atoms with E-state index in [1.165, 1.54) is 12.1 Å². The molecule has 0 atom stereocenters. The molecule has 0 aliphatic heterocycles. The number of aryl methyl sites for hydroxylation is 1. The number of carbonyl (C=O) groups is 4. The molecule has 7 nitrogen and oxygen atoms in total. The molecule has 2 amide bonds. The highest BCUT2D eigenvalue weighted by Gasteiger charge is 2.20.